The summed E-state index contributed by atoms with van der Waals surface area (Å²) in [6.45, 7) is 3.82. The number of carboxylic acid groups (broad SMARTS) is 1. The average molecular weight is 245 g/mol. The van der Waals surface area contributed by atoms with Gasteiger partial charge in [-0.3, -0.25) is 4.79 Å². The monoisotopic (exact) mass is 245 g/mol. The number of carboxylic acids is 1. The van der Waals surface area contributed by atoms with Crippen molar-refractivity contribution >= 4 is 11.9 Å². The van der Waals surface area contributed by atoms with Crippen LogP contribution < -0.4 is 0 Å². The van der Waals surface area contributed by atoms with Crippen molar-refractivity contribution in [3.8, 4) is 0 Å². The van der Waals surface area contributed by atoms with E-state index in [9.17, 15) is 9.59 Å². The van der Waals surface area contributed by atoms with Crippen LogP contribution in [0.4, 0.5) is 0 Å². The summed E-state index contributed by atoms with van der Waals surface area (Å²) in [5.74, 6) is -1.27. The van der Waals surface area contributed by atoms with Crippen LogP contribution in [0.5, 0.6) is 0 Å². The molecule has 98 valence electrons. The molecule has 0 aliphatic carbocycles. The van der Waals surface area contributed by atoms with E-state index in [1.807, 2.05) is 13.8 Å². The van der Waals surface area contributed by atoms with E-state index in [0.717, 1.165) is 0 Å². The normalized spacial score (nSPS) is 24.0. The van der Waals surface area contributed by atoms with Crippen LogP contribution in [0.1, 0.15) is 26.7 Å². The van der Waals surface area contributed by atoms with E-state index in [1.165, 1.54) is 4.90 Å². The van der Waals surface area contributed by atoms with Gasteiger partial charge in [0, 0.05) is 12.6 Å². The molecule has 17 heavy (non-hydrogen) atoms. The summed E-state index contributed by atoms with van der Waals surface area (Å²) < 4.78 is 5.19. The Morgan fingerprint density at radius 3 is 2.35 bits per heavy atom. The topological polar surface area (TPSA) is 87.1 Å². The molecule has 0 spiro atoms. The molecule has 0 bridgehead atoms. The summed E-state index contributed by atoms with van der Waals surface area (Å²) in [4.78, 5) is 24.3. The summed E-state index contributed by atoms with van der Waals surface area (Å²) in [5.41, 5.74) is 0. The quantitative estimate of drug-likeness (QED) is 0.703. The molecule has 1 amide bonds. The first-order chi connectivity index (χ1) is 7.97. The zero-order valence-electron chi connectivity index (χ0n) is 10.1. The summed E-state index contributed by atoms with van der Waals surface area (Å²) in [7, 11) is 0. The number of nitrogens with zero attached hydrogens (tertiary/aromatic N) is 1. The lowest BCUT2D eigenvalue weighted by atomic mass is 10.1. The van der Waals surface area contributed by atoms with Gasteiger partial charge in [-0.15, -0.1) is 0 Å². The van der Waals surface area contributed by atoms with Crippen LogP contribution in [0.3, 0.4) is 0 Å². The van der Waals surface area contributed by atoms with E-state index in [1.54, 1.807) is 0 Å². The zero-order valence-corrected chi connectivity index (χ0v) is 10.1. The molecule has 6 heteroatoms. The molecule has 1 saturated heterocycles. The van der Waals surface area contributed by atoms with Gasteiger partial charge in [-0.2, -0.15) is 0 Å². The lowest BCUT2D eigenvalue weighted by molar-refractivity contribution is -0.155. The van der Waals surface area contributed by atoms with Crippen molar-refractivity contribution in [3.05, 3.63) is 0 Å². The van der Waals surface area contributed by atoms with Crippen molar-refractivity contribution in [2.45, 2.75) is 44.9 Å². The number of ether oxygens (including phenoxy) is 1. The molecule has 1 fully saturated rings. The van der Waals surface area contributed by atoms with Crippen LogP contribution in [0.2, 0.25) is 0 Å². The van der Waals surface area contributed by atoms with Crippen molar-refractivity contribution in [1.82, 2.24) is 4.90 Å². The number of amides is 1. The van der Waals surface area contributed by atoms with Crippen LogP contribution in [0, 0.1) is 0 Å². The Morgan fingerprint density at radius 2 is 1.94 bits per heavy atom. The third-order valence-electron chi connectivity index (χ3n) is 2.82. The highest BCUT2D eigenvalue weighted by Crippen LogP contribution is 2.22. The minimum Gasteiger partial charge on any atom is -0.479 e. The van der Waals surface area contributed by atoms with Gasteiger partial charge in [0.05, 0.1) is 6.61 Å². The van der Waals surface area contributed by atoms with Gasteiger partial charge in [0.2, 0.25) is 0 Å². The molecule has 6 nitrogen and oxygen atoms in total. The molecule has 2 N–H and O–H groups in total. The fourth-order valence-electron chi connectivity index (χ4n) is 1.92. The van der Waals surface area contributed by atoms with Crippen LogP contribution in [-0.4, -0.2) is 58.4 Å². The highest BCUT2D eigenvalue weighted by atomic mass is 16.5. The molecular formula is C11H19NO5. The number of carbonyl (C=O) groups excluding carboxylic acids is 1. The van der Waals surface area contributed by atoms with Crippen molar-refractivity contribution in [2.75, 3.05) is 13.2 Å². The lowest BCUT2D eigenvalue weighted by Crippen LogP contribution is -2.45. The highest BCUT2D eigenvalue weighted by Gasteiger charge is 2.37. The van der Waals surface area contributed by atoms with E-state index in [2.05, 4.69) is 0 Å². The first kappa shape index (κ1) is 13.9. The van der Waals surface area contributed by atoms with Gasteiger partial charge in [0.1, 0.15) is 6.10 Å². The highest BCUT2D eigenvalue weighted by molar-refractivity contribution is 5.83. The van der Waals surface area contributed by atoms with Crippen LogP contribution in [0.25, 0.3) is 0 Å². The third-order valence-corrected chi connectivity index (χ3v) is 2.82. The summed E-state index contributed by atoms with van der Waals surface area (Å²) in [6.07, 6.45) is -0.793. The van der Waals surface area contributed by atoms with Gasteiger partial charge in [-0.1, -0.05) is 0 Å². The standard InChI is InChI=1S/C11H19NO5/c1-7(2)12(5-6-13)10(14)8-3-4-9(17-8)11(15)16/h7-9,13H,3-6H2,1-2H3,(H,15,16). The molecule has 0 aromatic rings. The average Bonchev–Trinajstić information content (AvgIpc) is 2.73. The Balaban J connectivity index is 2.60. The number of aliphatic hydroxyl groups is 1. The Morgan fingerprint density at radius 1 is 1.35 bits per heavy atom. The molecule has 2 unspecified atom stereocenters. The molecule has 1 rings (SSSR count). The third kappa shape index (κ3) is 3.41. The van der Waals surface area contributed by atoms with E-state index < -0.39 is 18.2 Å². The second-order valence-electron chi connectivity index (χ2n) is 4.38. The predicted octanol–water partition coefficient (Wildman–Crippen LogP) is -0.152. The zero-order chi connectivity index (χ0) is 13.0. The molecule has 1 aliphatic rings. The minimum absolute atomic E-state index is 0.0397. The minimum atomic E-state index is -1.03. The lowest BCUT2D eigenvalue weighted by Gasteiger charge is -2.28. The van der Waals surface area contributed by atoms with Gasteiger partial charge in [0.15, 0.2) is 6.10 Å². The second kappa shape index (κ2) is 5.97. The first-order valence-electron chi connectivity index (χ1n) is 5.77. The Kier molecular flexibility index (Phi) is 4.89. The Labute approximate surface area is 100 Å². The largest absolute Gasteiger partial charge is 0.479 e. The summed E-state index contributed by atoms with van der Waals surface area (Å²) in [5, 5.41) is 17.7. The molecular weight excluding hydrogens is 226 g/mol. The van der Waals surface area contributed by atoms with Crippen molar-refractivity contribution < 1.29 is 24.5 Å². The molecule has 0 aromatic carbocycles. The van der Waals surface area contributed by atoms with Gasteiger partial charge >= 0.3 is 5.97 Å². The summed E-state index contributed by atoms with van der Waals surface area (Å²) in [6, 6.07) is -0.0397. The second-order valence-corrected chi connectivity index (χ2v) is 4.38. The molecule has 1 heterocycles. The number of aliphatic carboxylic acids is 1. The number of hydrogen-bond donors (Lipinski definition) is 2. The maximum absolute atomic E-state index is 12.0. The van der Waals surface area contributed by atoms with E-state index >= 15 is 0 Å². The van der Waals surface area contributed by atoms with E-state index in [4.69, 9.17) is 14.9 Å². The maximum atomic E-state index is 12.0. The van der Waals surface area contributed by atoms with Crippen molar-refractivity contribution in [2.24, 2.45) is 0 Å². The number of rotatable bonds is 5. The van der Waals surface area contributed by atoms with Crippen molar-refractivity contribution in [1.29, 1.82) is 0 Å². The molecule has 1 aliphatic heterocycles. The SMILES string of the molecule is CC(C)N(CCO)C(=O)C1CCC(C(=O)O)O1. The van der Waals surface area contributed by atoms with Crippen molar-refractivity contribution in [3.63, 3.8) is 0 Å². The number of aliphatic hydroxyl groups excluding tert-OH is 1. The number of hydrogen-bond acceptors (Lipinski definition) is 4. The van der Waals surface area contributed by atoms with Gasteiger partial charge < -0.3 is 19.8 Å². The summed E-state index contributed by atoms with van der Waals surface area (Å²) >= 11 is 0. The van der Waals surface area contributed by atoms with Gasteiger partial charge in [0.25, 0.3) is 5.91 Å². The fourth-order valence-corrected chi connectivity index (χ4v) is 1.92. The molecule has 0 radical (unpaired) electrons. The Hall–Kier alpha value is -1.14. The Bertz CT molecular complexity index is 292. The van der Waals surface area contributed by atoms with Gasteiger partial charge in [-0.05, 0) is 26.7 Å². The van der Waals surface area contributed by atoms with Crippen LogP contribution in [-0.2, 0) is 14.3 Å². The van der Waals surface area contributed by atoms with Crippen LogP contribution in [0.15, 0.2) is 0 Å². The van der Waals surface area contributed by atoms with Gasteiger partial charge in [-0.25, -0.2) is 4.79 Å². The van der Waals surface area contributed by atoms with E-state index in [-0.39, 0.29) is 25.1 Å². The maximum Gasteiger partial charge on any atom is 0.332 e. The number of carbonyl (C=O) groups is 2. The molecule has 2 atom stereocenters. The predicted molar refractivity (Wildman–Crippen MR) is 59.5 cm³/mol. The first-order valence-corrected chi connectivity index (χ1v) is 5.77. The molecule has 0 aromatic heterocycles. The smallest absolute Gasteiger partial charge is 0.332 e. The fraction of sp³-hybridized carbons (Fsp3) is 0.818. The van der Waals surface area contributed by atoms with Crippen LogP contribution >= 0.6 is 0 Å². The molecule has 0 saturated carbocycles. The van der Waals surface area contributed by atoms with E-state index in [0.29, 0.717) is 12.8 Å².